The molecular weight excluding hydrogens is 1000 g/mol. The normalized spacial score (nSPS) is 13.4. The van der Waals surface area contributed by atoms with Crippen LogP contribution in [-0.2, 0) is 42.2 Å². The minimum Gasteiger partial charge on any atom is -0.462 e. The number of carbonyl (C=O) groups is 3. The van der Waals surface area contributed by atoms with E-state index in [0.717, 1.165) is 83.5 Å². The van der Waals surface area contributed by atoms with E-state index in [2.05, 4.69) is 57.2 Å². The van der Waals surface area contributed by atoms with Crippen LogP contribution in [0.5, 0.6) is 0 Å². The van der Waals surface area contributed by atoms with Gasteiger partial charge < -0.3 is 24.2 Å². The second-order valence-corrected chi connectivity index (χ2v) is 23.7. The molecule has 3 atom stereocenters. The van der Waals surface area contributed by atoms with Gasteiger partial charge in [-0.05, 0) is 70.6 Å². The van der Waals surface area contributed by atoms with Gasteiger partial charge in [0.2, 0.25) is 0 Å². The van der Waals surface area contributed by atoms with Gasteiger partial charge in [-0.3, -0.25) is 23.4 Å². The summed E-state index contributed by atoms with van der Waals surface area (Å²) in [5.74, 6) is -1.45. The van der Waals surface area contributed by atoms with Gasteiger partial charge in [0, 0.05) is 19.3 Å². The third-order valence-electron chi connectivity index (χ3n) is 14.5. The molecule has 0 bridgehead atoms. The minimum absolute atomic E-state index is 0.164. The van der Waals surface area contributed by atoms with Crippen molar-refractivity contribution in [2.45, 2.75) is 341 Å². The molecule has 12 heteroatoms. The molecular formula is C66H123O11P. The van der Waals surface area contributed by atoms with Crippen molar-refractivity contribution in [3.8, 4) is 0 Å². The first-order chi connectivity index (χ1) is 38.2. The predicted octanol–water partition coefficient (Wildman–Crippen LogP) is 19.9. The van der Waals surface area contributed by atoms with Crippen molar-refractivity contribution in [1.82, 2.24) is 0 Å². The van der Waals surface area contributed by atoms with Gasteiger partial charge in [-0.1, -0.05) is 276 Å². The number of hydrogen-bond donors (Lipinski definition) is 2. The molecule has 3 unspecified atom stereocenters. The summed E-state index contributed by atoms with van der Waals surface area (Å²) in [6, 6.07) is 0. The Labute approximate surface area is 480 Å². The van der Waals surface area contributed by atoms with Crippen LogP contribution in [0, 0.1) is 0 Å². The largest absolute Gasteiger partial charge is 0.472 e. The third-order valence-corrected chi connectivity index (χ3v) is 15.5. The van der Waals surface area contributed by atoms with Gasteiger partial charge in [0.05, 0.1) is 19.8 Å². The fraction of sp³-hybridized carbons (Fsp3) is 0.864. The Morgan fingerprint density at radius 2 is 0.654 bits per heavy atom. The molecule has 0 aliphatic heterocycles. The first-order valence-corrected chi connectivity index (χ1v) is 34.4. The van der Waals surface area contributed by atoms with E-state index in [1.165, 1.54) is 186 Å². The summed E-state index contributed by atoms with van der Waals surface area (Å²) in [6.45, 7) is 4.63. The number of hydrogen-bond acceptors (Lipinski definition) is 10. The Morgan fingerprint density at radius 3 is 1.01 bits per heavy atom. The molecule has 0 heterocycles. The highest BCUT2D eigenvalue weighted by Crippen LogP contribution is 2.43. The number of carbonyl (C=O) groups excluding carboxylic acids is 3. The highest BCUT2D eigenvalue weighted by atomic mass is 31.2. The Bertz CT molecular complexity index is 1450. The van der Waals surface area contributed by atoms with Gasteiger partial charge in [-0.15, -0.1) is 0 Å². The molecule has 0 fully saturated rings. The summed E-state index contributed by atoms with van der Waals surface area (Å²) in [5.41, 5.74) is 0. The molecule has 0 aromatic carbocycles. The van der Waals surface area contributed by atoms with Crippen LogP contribution >= 0.6 is 7.82 Å². The first kappa shape index (κ1) is 75.7. The van der Waals surface area contributed by atoms with Gasteiger partial charge in [0.15, 0.2) is 6.10 Å². The zero-order valence-corrected chi connectivity index (χ0v) is 51.8. The first-order valence-electron chi connectivity index (χ1n) is 32.9. The molecule has 0 radical (unpaired) electrons. The van der Waals surface area contributed by atoms with Crippen LogP contribution in [0.4, 0.5) is 0 Å². The fourth-order valence-corrected chi connectivity index (χ4v) is 10.3. The van der Waals surface area contributed by atoms with E-state index in [1.54, 1.807) is 0 Å². The maximum Gasteiger partial charge on any atom is 0.472 e. The lowest BCUT2D eigenvalue weighted by Gasteiger charge is -2.21. The van der Waals surface area contributed by atoms with E-state index in [1.807, 2.05) is 0 Å². The summed E-state index contributed by atoms with van der Waals surface area (Å²) < 4.78 is 39.7. The van der Waals surface area contributed by atoms with Crippen LogP contribution in [0.2, 0.25) is 0 Å². The maximum absolute atomic E-state index is 13.0. The smallest absolute Gasteiger partial charge is 0.462 e. The number of phosphoric acid groups is 1. The standard InChI is InChI=1S/C66H123O11P/c1-4-7-10-13-16-19-22-25-27-29-31-33-35-38-40-43-46-49-52-55-64(68)73-59-63(77-66(70)57-54-51-48-45-42-39-36-34-32-30-28-26-23-20-17-14-11-8-5-2)61-75-78(71,72)74-60-62(58-67)76-65(69)56-53-50-47-44-41-37-24-21-18-15-12-9-6-3/h12,15,21,24-25,27,62-63,67H,4-11,13-14,16-20,22-23,26,28-61H2,1-3H3,(H,71,72)/b15-12-,24-21-,27-25-. The third kappa shape index (κ3) is 58.4. The monoisotopic (exact) mass is 1120 g/mol. The van der Waals surface area contributed by atoms with E-state index in [-0.39, 0.29) is 25.9 Å². The summed E-state index contributed by atoms with van der Waals surface area (Å²) >= 11 is 0. The summed E-state index contributed by atoms with van der Waals surface area (Å²) in [7, 11) is -4.75. The highest BCUT2D eigenvalue weighted by molar-refractivity contribution is 7.47. The molecule has 0 saturated heterocycles. The average molecular weight is 1120 g/mol. The molecule has 78 heavy (non-hydrogen) atoms. The Hall–Kier alpha value is -2.30. The number of esters is 3. The molecule has 2 N–H and O–H groups in total. The van der Waals surface area contributed by atoms with Crippen molar-refractivity contribution in [3.05, 3.63) is 36.5 Å². The van der Waals surface area contributed by atoms with Crippen molar-refractivity contribution in [2.24, 2.45) is 0 Å². The number of phosphoric ester groups is 1. The Balaban J connectivity index is 4.66. The van der Waals surface area contributed by atoms with Gasteiger partial charge in [0.1, 0.15) is 12.7 Å². The van der Waals surface area contributed by atoms with Crippen LogP contribution < -0.4 is 0 Å². The van der Waals surface area contributed by atoms with Crippen molar-refractivity contribution >= 4 is 25.7 Å². The minimum atomic E-state index is -4.75. The highest BCUT2D eigenvalue weighted by Gasteiger charge is 2.28. The molecule has 458 valence electrons. The number of aliphatic hydroxyl groups is 1. The summed E-state index contributed by atoms with van der Waals surface area (Å²) in [6.07, 6.45) is 65.3. The fourth-order valence-electron chi connectivity index (χ4n) is 9.51. The second-order valence-electron chi connectivity index (χ2n) is 22.3. The molecule has 0 amide bonds. The molecule has 0 spiro atoms. The van der Waals surface area contributed by atoms with Crippen molar-refractivity contribution < 1.29 is 52.2 Å². The summed E-state index contributed by atoms with van der Waals surface area (Å²) in [5, 5.41) is 9.83. The SMILES string of the molecule is CCC/C=C\C/C=C\CCCCCCCC(=O)OC(CO)COP(=O)(O)OCC(COC(=O)CCCCCCCCCCC/C=C\CCCCCCCC)OC(=O)CCCCCCCCCCCCCCCCCCCCC. The lowest BCUT2D eigenvalue weighted by atomic mass is 10.0. The van der Waals surface area contributed by atoms with Gasteiger partial charge in [0.25, 0.3) is 0 Å². The van der Waals surface area contributed by atoms with Gasteiger partial charge in [-0.2, -0.15) is 0 Å². The topological polar surface area (TPSA) is 155 Å². The average Bonchev–Trinajstić information content (AvgIpc) is 3.43. The van der Waals surface area contributed by atoms with Crippen molar-refractivity contribution in [3.63, 3.8) is 0 Å². The number of aliphatic hydroxyl groups excluding tert-OH is 1. The lowest BCUT2D eigenvalue weighted by Crippen LogP contribution is -2.30. The maximum atomic E-state index is 13.0. The Morgan fingerprint density at radius 1 is 0.359 bits per heavy atom. The van der Waals surface area contributed by atoms with Crippen LogP contribution in [0.1, 0.15) is 329 Å². The predicted molar refractivity (Wildman–Crippen MR) is 326 cm³/mol. The van der Waals surface area contributed by atoms with E-state index >= 15 is 0 Å². The molecule has 0 rings (SSSR count). The van der Waals surface area contributed by atoms with Crippen LogP contribution in [0.25, 0.3) is 0 Å². The molecule has 11 nitrogen and oxygen atoms in total. The molecule has 0 aromatic rings. The van der Waals surface area contributed by atoms with Crippen LogP contribution in [0.3, 0.4) is 0 Å². The zero-order valence-electron chi connectivity index (χ0n) is 50.9. The molecule has 0 saturated carbocycles. The summed E-state index contributed by atoms with van der Waals surface area (Å²) in [4.78, 5) is 48.7. The number of allylic oxidation sites excluding steroid dienone is 6. The number of rotatable bonds is 62. The quantitative estimate of drug-likeness (QED) is 0.0197. The zero-order chi connectivity index (χ0) is 56.9. The van der Waals surface area contributed by atoms with Crippen LogP contribution in [0.15, 0.2) is 36.5 Å². The lowest BCUT2D eigenvalue weighted by molar-refractivity contribution is -0.161. The van der Waals surface area contributed by atoms with E-state index in [9.17, 15) is 28.9 Å². The van der Waals surface area contributed by atoms with Crippen LogP contribution in [-0.4, -0.2) is 66.5 Å². The number of ether oxygens (including phenoxy) is 3. The second kappa shape index (κ2) is 60.8. The van der Waals surface area contributed by atoms with Crippen molar-refractivity contribution in [1.29, 1.82) is 0 Å². The van der Waals surface area contributed by atoms with Crippen molar-refractivity contribution in [2.75, 3.05) is 26.4 Å². The van der Waals surface area contributed by atoms with E-state index in [0.29, 0.717) is 19.3 Å². The Kier molecular flexibility index (Phi) is 59.0. The van der Waals surface area contributed by atoms with E-state index < -0.39 is 57.8 Å². The van der Waals surface area contributed by atoms with Gasteiger partial charge in [-0.25, -0.2) is 4.57 Å². The molecule has 0 aromatic heterocycles. The van der Waals surface area contributed by atoms with Gasteiger partial charge >= 0.3 is 25.7 Å². The molecule has 0 aliphatic rings. The van der Waals surface area contributed by atoms with E-state index in [4.69, 9.17) is 23.3 Å². The number of unbranched alkanes of at least 4 members (excludes halogenated alkanes) is 39. The molecule has 0 aliphatic carbocycles.